The fourth-order valence-electron chi connectivity index (χ4n) is 3.58. The lowest BCUT2D eigenvalue weighted by molar-refractivity contribution is -0.119. The van der Waals surface area contributed by atoms with E-state index in [4.69, 9.17) is 11.6 Å². The number of carbonyl (C=O) groups excluding carboxylic acids is 1. The summed E-state index contributed by atoms with van der Waals surface area (Å²) >= 11 is 6.26. The average molecular weight is 509 g/mol. The molecule has 9 heteroatoms. The standard InChI is InChI=1S/C26H25ClN4O3S/c1-19-8-11-23(16-25(19)27)31(35(33,34)24-6-4-3-5-7-24)18-26(32)29-17-21-9-12-22(13-10-21)30-15-14-28-20(30)2/h3-16H,17-18H2,1-2H3,(H,29,32). The monoisotopic (exact) mass is 508 g/mol. The van der Waals surface area contributed by atoms with Crippen molar-refractivity contribution in [2.75, 3.05) is 10.8 Å². The molecule has 1 N–H and O–H groups in total. The van der Waals surface area contributed by atoms with Gasteiger partial charge in [0.1, 0.15) is 12.4 Å². The van der Waals surface area contributed by atoms with Gasteiger partial charge in [0, 0.05) is 29.6 Å². The van der Waals surface area contributed by atoms with E-state index in [0.717, 1.165) is 26.9 Å². The first-order chi connectivity index (χ1) is 16.8. The molecular weight excluding hydrogens is 484 g/mol. The lowest BCUT2D eigenvalue weighted by Crippen LogP contribution is -2.40. The molecule has 180 valence electrons. The summed E-state index contributed by atoms with van der Waals surface area (Å²) < 4.78 is 29.9. The molecule has 35 heavy (non-hydrogen) atoms. The van der Waals surface area contributed by atoms with Crippen molar-refractivity contribution in [2.24, 2.45) is 0 Å². The van der Waals surface area contributed by atoms with E-state index in [9.17, 15) is 13.2 Å². The summed E-state index contributed by atoms with van der Waals surface area (Å²) in [5, 5.41) is 3.24. The summed E-state index contributed by atoms with van der Waals surface area (Å²) in [4.78, 5) is 17.2. The van der Waals surface area contributed by atoms with E-state index in [1.54, 1.807) is 42.6 Å². The molecule has 0 atom stereocenters. The maximum absolute atomic E-state index is 13.4. The number of anilines is 1. The van der Waals surface area contributed by atoms with Crippen molar-refractivity contribution in [1.29, 1.82) is 0 Å². The van der Waals surface area contributed by atoms with Gasteiger partial charge in [-0.15, -0.1) is 0 Å². The van der Waals surface area contributed by atoms with E-state index in [0.29, 0.717) is 10.7 Å². The van der Waals surface area contributed by atoms with E-state index in [1.165, 1.54) is 12.1 Å². The van der Waals surface area contributed by atoms with Gasteiger partial charge < -0.3 is 9.88 Å². The Hall–Kier alpha value is -3.62. The highest BCUT2D eigenvalue weighted by Gasteiger charge is 2.27. The maximum atomic E-state index is 13.4. The zero-order valence-corrected chi connectivity index (χ0v) is 20.9. The number of halogens is 1. The van der Waals surface area contributed by atoms with Crippen molar-refractivity contribution in [3.05, 3.63) is 107 Å². The van der Waals surface area contributed by atoms with Crippen LogP contribution in [0.3, 0.4) is 0 Å². The van der Waals surface area contributed by atoms with Crippen molar-refractivity contribution < 1.29 is 13.2 Å². The normalized spacial score (nSPS) is 11.3. The number of nitrogens with zero attached hydrogens (tertiary/aromatic N) is 3. The lowest BCUT2D eigenvalue weighted by atomic mass is 10.2. The van der Waals surface area contributed by atoms with E-state index >= 15 is 0 Å². The number of hydrogen-bond donors (Lipinski definition) is 1. The predicted molar refractivity (Wildman–Crippen MR) is 137 cm³/mol. The Bertz CT molecular complexity index is 1440. The van der Waals surface area contributed by atoms with Gasteiger partial charge in [0.05, 0.1) is 10.6 Å². The summed E-state index contributed by atoms with van der Waals surface area (Å²) in [5.74, 6) is 0.442. The molecule has 0 saturated carbocycles. The van der Waals surface area contributed by atoms with Crippen LogP contribution >= 0.6 is 11.6 Å². The molecule has 0 bridgehead atoms. The zero-order valence-electron chi connectivity index (χ0n) is 19.3. The molecule has 7 nitrogen and oxygen atoms in total. The van der Waals surface area contributed by atoms with Gasteiger partial charge in [-0.05, 0) is 61.4 Å². The third-order valence-corrected chi connectivity index (χ3v) is 7.79. The lowest BCUT2D eigenvalue weighted by Gasteiger charge is -2.24. The van der Waals surface area contributed by atoms with Gasteiger partial charge in [0.15, 0.2) is 0 Å². The molecule has 1 heterocycles. The summed E-state index contributed by atoms with van der Waals surface area (Å²) in [7, 11) is -3.99. The Labute approximate surface area is 210 Å². The number of sulfonamides is 1. The molecule has 1 amide bonds. The fourth-order valence-corrected chi connectivity index (χ4v) is 5.19. The summed E-state index contributed by atoms with van der Waals surface area (Å²) in [5.41, 5.74) is 2.98. The first-order valence-electron chi connectivity index (χ1n) is 11.0. The number of rotatable bonds is 8. The highest BCUT2D eigenvalue weighted by Crippen LogP contribution is 2.28. The molecule has 0 radical (unpaired) electrons. The van der Waals surface area contributed by atoms with Crippen molar-refractivity contribution in [3.8, 4) is 5.69 Å². The minimum absolute atomic E-state index is 0.0925. The minimum Gasteiger partial charge on any atom is -0.350 e. The maximum Gasteiger partial charge on any atom is 0.264 e. The largest absolute Gasteiger partial charge is 0.350 e. The van der Waals surface area contributed by atoms with Gasteiger partial charge in [-0.1, -0.05) is 48.0 Å². The smallest absolute Gasteiger partial charge is 0.264 e. The Kier molecular flexibility index (Phi) is 7.23. The number of carbonyl (C=O) groups is 1. The summed E-state index contributed by atoms with van der Waals surface area (Å²) in [6.45, 7) is 3.62. The molecule has 0 unspecified atom stereocenters. The molecule has 0 aliphatic carbocycles. The highest BCUT2D eigenvalue weighted by molar-refractivity contribution is 7.92. The van der Waals surface area contributed by atoms with Crippen LogP contribution < -0.4 is 9.62 Å². The molecule has 0 fully saturated rings. The average Bonchev–Trinajstić information content (AvgIpc) is 3.29. The van der Waals surface area contributed by atoms with Gasteiger partial charge >= 0.3 is 0 Å². The molecule has 4 rings (SSSR count). The van der Waals surface area contributed by atoms with Crippen LogP contribution in [0.1, 0.15) is 17.0 Å². The van der Waals surface area contributed by atoms with Crippen LogP contribution in [-0.4, -0.2) is 30.4 Å². The molecule has 0 aliphatic heterocycles. The van der Waals surface area contributed by atoms with Gasteiger partial charge in [-0.2, -0.15) is 0 Å². The Morgan fingerprint density at radius 2 is 1.74 bits per heavy atom. The number of benzene rings is 3. The van der Waals surface area contributed by atoms with Gasteiger partial charge in [0.2, 0.25) is 5.91 Å². The fraction of sp³-hybridized carbons (Fsp3) is 0.154. The van der Waals surface area contributed by atoms with Crippen molar-refractivity contribution in [2.45, 2.75) is 25.3 Å². The second-order valence-electron chi connectivity index (χ2n) is 8.05. The van der Waals surface area contributed by atoms with Crippen LogP contribution in [0.15, 0.2) is 90.1 Å². The Morgan fingerprint density at radius 3 is 2.37 bits per heavy atom. The van der Waals surface area contributed by atoms with Crippen LogP contribution in [-0.2, 0) is 21.4 Å². The minimum atomic E-state index is -3.99. The molecule has 0 saturated heterocycles. The molecule has 1 aromatic heterocycles. The second kappa shape index (κ2) is 10.3. The molecule has 0 spiro atoms. The summed E-state index contributed by atoms with van der Waals surface area (Å²) in [6.07, 6.45) is 3.62. The molecule has 4 aromatic rings. The first kappa shape index (κ1) is 24.5. The van der Waals surface area contributed by atoms with Crippen LogP contribution in [0, 0.1) is 13.8 Å². The van der Waals surface area contributed by atoms with Crippen LogP contribution in [0.2, 0.25) is 5.02 Å². The molecule has 3 aromatic carbocycles. The van der Waals surface area contributed by atoms with Crippen LogP contribution in [0.25, 0.3) is 5.69 Å². The third kappa shape index (κ3) is 5.55. The van der Waals surface area contributed by atoms with Crippen molar-refractivity contribution in [3.63, 3.8) is 0 Å². The number of aryl methyl sites for hydroxylation is 2. The van der Waals surface area contributed by atoms with Crippen molar-refractivity contribution >= 4 is 33.2 Å². The Balaban J connectivity index is 1.51. The Morgan fingerprint density at radius 1 is 1.03 bits per heavy atom. The predicted octanol–water partition coefficient (Wildman–Crippen LogP) is 4.65. The van der Waals surface area contributed by atoms with Crippen LogP contribution in [0.4, 0.5) is 5.69 Å². The van der Waals surface area contributed by atoms with Crippen molar-refractivity contribution in [1.82, 2.24) is 14.9 Å². The topological polar surface area (TPSA) is 84.3 Å². The molecule has 0 aliphatic rings. The zero-order chi connectivity index (χ0) is 25.0. The number of aromatic nitrogens is 2. The van der Waals surface area contributed by atoms with Gasteiger partial charge in [-0.3, -0.25) is 9.10 Å². The van der Waals surface area contributed by atoms with Gasteiger partial charge in [-0.25, -0.2) is 13.4 Å². The molecular formula is C26H25ClN4O3S. The number of nitrogens with one attached hydrogen (secondary N) is 1. The second-order valence-corrected chi connectivity index (χ2v) is 10.3. The van der Waals surface area contributed by atoms with E-state index < -0.39 is 15.9 Å². The number of imidazole rings is 1. The number of hydrogen-bond acceptors (Lipinski definition) is 4. The number of amides is 1. The quantitative estimate of drug-likeness (QED) is 0.375. The van der Waals surface area contributed by atoms with Crippen LogP contribution in [0.5, 0.6) is 0 Å². The van der Waals surface area contributed by atoms with E-state index in [-0.39, 0.29) is 18.0 Å². The van der Waals surface area contributed by atoms with Gasteiger partial charge in [0.25, 0.3) is 10.0 Å². The highest BCUT2D eigenvalue weighted by atomic mass is 35.5. The first-order valence-corrected chi connectivity index (χ1v) is 12.8. The summed E-state index contributed by atoms with van der Waals surface area (Å²) in [6, 6.07) is 20.6. The van der Waals surface area contributed by atoms with E-state index in [2.05, 4.69) is 10.3 Å². The van der Waals surface area contributed by atoms with E-state index in [1.807, 2.05) is 48.9 Å². The SMILES string of the molecule is Cc1ccc(N(CC(=O)NCc2ccc(-n3ccnc3C)cc2)S(=O)(=O)c2ccccc2)cc1Cl. The third-order valence-electron chi connectivity index (χ3n) is 5.59.